The number of nitrogens with one attached hydrogen (secondary N) is 1. The van der Waals surface area contributed by atoms with E-state index in [-0.39, 0.29) is 12.5 Å². The molecule has 0 aromatic heterocycles. The summed E-state index contributed by atoms with van der Waals surface area (Å²) in [6.07, 6.45) is 0.442. The van der Waals surface area contributed by atoms with Gasteiger partial charge in [0.2, 0.25) is 0 Å². The number of carbonyl (C=O) groups is 2. The molecule has 29 heavy (non-hydrogen) atoms. The average molecular weight is 389 g/mol. The minimum Gasteiger partial charge on any atom is -0.481 e. The van der Waals surface area contributed by atoms with E-state index < -0.39 is 18.0 Å². The number of ether oxygens (including phenoxy) is 1. The second kappa shape index (κ2) is 8.45. The van der Waals surface area contributed by atoms with Crippen LogP contribution in [-0.4, -0.2) is 30.1 Å². The van der Waals surface area contributed by atoms with Gasteiger partial charge in [0.15, 0.2) is 6.10 Å². The Morgan fingerprint density at radius 3 is 2.62 bits per heavy atom. The van der Waals surface area contributed by atoms with Gasteiger partial charge in [0, 0.05) is 6.54 Å². The van der Waals surface area contributed by atoms with Crippen molar-refractivity contribution in [1.29, 1.82) is 0 Å². The third-order valence-electron chi connectivity index (χ3n) is 5.40. The molecule has 4 rings (SSSR count). The van der Waals surface area contributed by atoms with Crippen LogP contribution in [0.25, 0.3) is 10.8 Å². The molecule has 0 spiro atoms. The lowest BCUT2D eigenvalue weighted by molar-refractivity contribution is -0.142. The van der Waals surface area contributed by atoms with Crippen molar-refractivity contribution >= 4 is 22.6 Å². The molecule has 2 N–H and O–H groups in total. The molecule has 1 aliphatic rings. The van der Waals surface area contributed by atoms with Gasteiger partial charge < -0.3 is 15.2 Å². The number of aliphatic carboxylic acids is 1. The first-order valence-corrected chi connectivity index (χ1v) is 9.79. The first-order valence-electron chi connectivity index (χ1n) is 9.79. The van der Waals surface area contributed by atoms with Crippen molar-refractivity contribution in [2.45, 2.75) is 18.9 Å². The van der Waals surface area contributed by atoms with Gasteiger partial charge in [-0.1, -0.05) is 66.7 Å². The number of rotatable bonds is 6. The first-order chi connectivity index (χ1) is 14.1. The third-order valence-corrected chi connectivity index (χ3v) is 5.40. The van der Waals surface area contributed by atoms with Crippen LogP contribution in [0.4, 0.5) is 0 Å². The van der Waals surface area contributed by atoms with Gasteiger partial charge in [0.25, 0.3) is 5.91 Å². The summed E-state index contributed by atoms with van der Waals surface area (Å²) >= 11 is 0. The Bertz CT molecular complexity index is 1050. The average Bonchev–Trinajstić information content (AvgIpc) is 2.75. The van der Waals surface area contributed by atoms with Crippen LogP contribution in [0.2, 0.25) is 0 Å². The van der Waals surface area contributed by atoms with Crippen molar-refractivity contribution in [3.63, 3.8) is 0 Å². The zero-order chi connectivity index (χ0) is 20.2. The van der Waals surface area contributed by atoms with E-state index in [0.717, 1.165) is 33.9 Å². The van der Waals surface area contributed by atoms with Gasteiger partial charge in [-0.15, -0.1) is 0 Å². The van der Waals surface area contributed by atoms with Crippen LogP contribution in [0.5, 0.6) is 0 Å². The number of carbonyl (C=O) groups excluding carboxylic acids is 1. The number of fused-ring (bicyclic) bond motifs is 2. The lowest BCUT2D eigenvalue weighted by Gasteiger charge is -2.25. The van der Waals surface area contributed by atoms with Gasteiger partial charge in [-0.25, -0.2) is 0 Å². The van der Waals surface area contributed by atoms with Crippen LogP contribution in [0.1, 0.15) is 22.8 Å². The second-order valence-electron chi connectivity index (χ2n) is 7.37. The molecule has 1 aliphatic heterocycles. The maximum atomic E-state index is 12.7. The summed E-state index contributed by atoms with van der Waals surface area (Å²) < 4.78 is 5.67. The van der Waals surface area contributed by atoms with Crippen LogP contribution in [0.15, 0.2) is 66.7 Å². The number of carboxylic acids is 1. The normalized spacial score (nSPS) is 16.8. The highest BCUT2D eigenvalue weighted by atomic mass is 16.5. The molecule has 0 fully saturated rings. The molecule has 2 unspecified atom stereocenters. The monoisotopic (exact) mass is 389 g/mol. The molecule has 5 nitrogen and oxygen atoms in total. The quantitative estimate of drug-likeness (QED) is 0.676. The molecule has 0 saturated heterocycles. The number of benzene rings is 3. The summed E-state index contributed by atoms with van der Waals surface area (Å²) in [6.45, 7) is 0.539. The Morgan fingerprint density at radius 1 is 1.03 bits per heavy atom. The summed E-state index contributed by atoms with van der Waals surface area (Å²) in [5, 5.41) is 14.6. The molecule has 2 atom stereocenters. The van der Waals surface area contributed by atoms with Crippen molar-refractivity contribution in [3.8, 4) is 0 Å². The minimum atomic E-state index is -0.927. The fourth-order valence-electron chi connectivity index (χ4n) is 3.82. The van der Waals surface area contributed by atoms with Crippen molar-refractivity contribution in [2.24, 2.45) is 5.92 Å². The molecule has 1 heterocycles. The molecular formula is C24H23NO4. The Balaban J connectivity index is 1.43. The van der Waals surface area contributed by atoms with E-state index >= 15 is 0 Å². The van der Waals surface area contributed by atoms with Crippen molar-refractivity contribution in [1.82, 2.24) is 5.32 Å². The molecule has 3 aromatic carbocycles. The number of carboxylic acid groups (broad SMARTS) is 1. The Hall–Kier alpha value is -3.18. The zero-order valence-electron chi connectivity index (χ0n) is 16.0. The van der Waals surface area contributed by atoms with E-state index in [1.165, 1.54) is 0 Å². The first kappa shape index (κ1) is 19.2. The summed E-state index contributed by atoms with van der Waals surface area (Å²) in [5.74, 6) is -1.93. The fraction of sp³-hybridized carbons (Fsp3) is 0.250. The molecule has 1 amide bonds. The fourth-order valence-corrected chi connectivity index (χ4v) is 3.82. The van der Waals surface area contributed by atoms with Crippen LogP contribution >= 0.6 is 0 Å². The lowest BCUT2D eigenvalue weighted by Crippen LogP contribution is -2.38. The minimum absolute atomic E-state index is 0.0586. The summed E-state index contributed by atoms with van der Waals surface area (Å²) in [5.41, 5.74) is 2.90. The summed E-state index contributed by atoms with van der Waals surface area (Å²) in [6, 6.07) is 21.6. The van der Waals surface area contributed by atoms with Crippen LogP contribution in [-0.2, 0) is 27.2 Å². The van der Waals surface area contributed by atoms with Crippen molar-refractivity contribution < 1.29 is 19.4 Å². The Kier molecular flexibility index (Phi) is 5.58. The van der Waals surface area contributed by atoms with Gasteiger partial charge in [-0.2, -0.15) is 0 Å². The maximum Gasteiger partial charge on any atom is 0.308 e. The third kappa shape index (κ3) is 4.30. The van der Waals surface area contributed by atoms with Crippen molar-refractivity contribution in [3.05, 3.63) is 83.4 Å². The van der Waals surface area contributed by atoms with E-state index in [1.807, 2.05) is 66.7 Å². The highest BCUT2D eigenvalue weighted by molar-refractivity contribution is 5.84. The van der Waals surface area contributed by atoms with E-state index in [1.54, 1.807) is 0 Å². The molecular weight excluding hydrogens is 366 g/mol. The lowest BCUT2D eigenvalue weighted by atomic mass is 9.95. The Labute approximate surface area is 169 Å². The van der Waals surface area contributed by atoms with E-state index in [2.05, 4.69) is 5.32 Å². The number of amides is 1. The molecule has 0 saturated carbocycles. The van der Waals surface area contributed by atoms with Crippen LogP contribution in [0, 0.1) is 5.92 Å². The predicted octanol–water partition coefficient (Wildman–Crippen LogP) is 3.51. The standard InChI is InChI=1S/C24H23NO4/c26-23(22-21-8-4-3-6-18(21)11-12-29-22)25-15-20(24(27)28)14-16-9-10-17-5-1-2-7-19(17)13-16/h1-10,13,20,22H,11-12,14-15H2,(H,25,26)(H,27,28). The maximum absolute atomic E-state index is 12.7. The van der Waals surface area contributed by atoms with Gasteiger partial charge in [0.1, 0.15) is 0 Å². The smallest absolute Gasteiger partial charge is 0.308 e. The van der Waals surface area contributed by atoms with Gasteiger partial charge in [-0.3, -0.25) is 9.59 Å². The van der Waals surface area contributed by atoms with Crippen LogP contribution in [0.3, 0.4) is 0 Å². The molecule has 3 aromatic rings. The van der Waals surface area contributed by atoms with Gasteiger partial charge in [0.05, 0.1) is 12.5 Å². The van der Waals surface area contributed by atoms with Crippen molar-refractivity contribution in [2.75, 3.05) is 13.2 Å². The van der Waals surface area contributed by atoms with E-state index in [4.69, 9.17) is 4.74 Å². The number of hydrogen-bond acceptors (Lipinski definition) is 3. The Morgan fingerprint density at radius 2 is 1.79 bits per heavy atom. The highest BCUT2D eigenvalue weighted by Gasteiger charge is 2.28. The SMILES string of the molecule is O=C(O)C(CNC(=O)C1OCCc2ccccc21)Cc1ccc2ccccc2c1. The zero-order valence-corrected chi connectivity index (χ0v) is 16.0. The van der Waals surface area contributed by atoms with E-state index in [0.29, 0.717) is 13.0 Å². The summed E-state index contributed by atoms with van der Waals surface area (Å²) in [7, 11) is 0. The highest BCUT2D eigenvalue weighted by Crippen LogP contribution is 2.27. The van der Waals surface area contributed by atoms with Gasteiger partial charge >= 0.3 is 5.97 Å². The second-order valence-corrected chi connectivity index (χ2v) is 7.37. The topological polar surface area (TPSA) is 75.6 Å². The van der Waals surface area contributed by atoms with E-state index in [9.17, 15) is 14.7 Å². The van der Waals surface area contributed by atoms with Gasteiger partial charge in [-0.05, 0) is 40.3 Å². The largest absolute Gasteiger partial charge is 0.481 e. The number of hydrogen-bond donors (Lipinski definition) is 2. The molecule has 148 valence electrons. The predicted molar refractivity (Wildman–Crippen MR) is 111 cm³/mol. The molecule has 0 aliphatic carbocycles. The molecule has 0 radical (unpaired) electrons. The summed E-state index contributed by atoms with van der Waals surface area (Å²) in [4.78, 5) is 24.5. The van der Waals surface area contributed by atoms with Crippen LogP contribution < -0.4 is 5.32 Å². The molecule has 5 heteroatoms. The molecule has 0 bridgehead atoms.